The van der Waals surface area contributed by atoms with Crippen molar-refractivity contribution in [3.05, 3.63) is 35.9 Å². The molecule has 1 saturated heterocycles. The van der Waals surface area contributed by atoms with Gasteiger partial charge in [-0.3, -0.25) is 0 Å². The van der Waals surface area contributed by atoms with Gasteiger partial charge in [0.2, 0.25) is 0 Å². The summed E-state index contributed by atoms with van der Waals surface area (Å²) in [5.41, 5.74) is 1.15. The Hall–Kier alpha value is -1.16. The fraction of sp³-hybridized carbons (Fsp3) is 0.588. The van der Waals surface area contributed by atoms with Crippen molar-refractivity contribution in [2.75, 3.05) is 25.1 Å². The maximum Gasteiger partial charge on any atom is 0.318 e. The van der Waals surface area contributed by atoms with Gasteiger partial charge in [0.25, 0.3) is 0 Å². The largest absolute Gasteiger partial charge is 0.328 e. The van der Waals surface area contributed by atoms with E-state index in [2.05, 4.69) is 35.8 Å². The number of carbonyl (C=O) groups is 1. The van der Waals surface area contributed by atoms with Gasteiger partial charge < -0.3 is 10.2 Å². The molecule has 1 saturated carbocycles. The van der Waals surface area contributed by atoms with Crippen LogP contribution >= 0.6 is 11.8 Å². The van der Waals surface area contributed by atoms with Crippen molar-refractivity contribution in [2.45, 2.75) is 31.2 Å². The Bertz CT molecular complexity index is 485. The first-order valence-electron chi connectivity index (χ1n) is 7.85. The van der Waals surface area contributed by atoms with E-state index < -0.39 is 0 Å². The molecule has 0 radical (unpaired) electrons. The number of nitrogens with zero attached hydrogens (tertiary/aromatic N) is 1. The van der Waals surface area contributed by atoms with E-state index in [1.807, 2.05) is 22.7 Å². The van der Waals surface area contributed by atoms with Crippen LogP contribution in [-0.4, -0.2) is 36.0 Å². The van der Waals surface area contributed by atoms with E-state index in [1.54, 1.807) is 0 Å². The van der Waals surface area contributed by atoms with Gasteiger partial charge in [-0.2, -0.15) is 11.8 Å². The minimum Gasteiger partial charge on any atom is -0.328 e. The number of piperidine rings is 1. The maximum absolute atomic E-state index is 12.6. The molecule has 2 aliphatic rings. The molecule has 1 aromatic carbocycles. The van der Waals surface area contributed by atoms with Crippen LogP contribution in [0.4, 0.5) is 4.79 Å². The van der Waals surface area contributed by atoms with E-state index in [0.717, 1.165) is 38.1 Å². The summed E-state index contributed by atoms with van der Waals surface area (Å²) < 4.78 is 0. The summed E-state index contributed by atoms with van der Waals surface area (Å²) in [6, 6.07) is 10.5. The maximum atomic E-state index is 12.6. The van der Waals surface area contributed by atoms with Crippen molar-refractivity contribution < 1.29 is 4.79 Å². The monoisotopic (exact) mass is 304 g/mol. The van der Waals surface area contributed by atoms with Gasteiger partial charge in [0, 0.05) is 13.1 Å². The lowest BCUT2D eigenvalue weighted by Gasteiger charge is -2.34. The first kappa shape index (κ1) is 14.8. The first-order valence-corrected chi connectivity index (χ1v) is 9.24. The molecule has 1 aromatic rings. The van der Waals surface area contributed by atoms with Gasteiger partial charge in [0.1, 0.15) is 0 Å². The third-order valence-corrected chi connectivity index (χ3v) is 5.44. The topological polar surface area (TPSA) is 32.3 Å². The number of thioether (sulfide) groups is 1. The Kier molecular flexibility index (Phi) is 4.43. The van der Waals surface area contributed by atoms with E-state index in [-0.39, 0.29) is 11.6 Å². The summed E-state index contributed by atoms with van der Waals surface area (Å²) in [6.45, 7) is 1.82. The van der Waals surface area contributed by atoms with Crippen molar-refractivity contribution in [1.82, 2.24) is 10.2 Å². The first-order chi connectivity index (χ1) is 10.2. The quantitative estimate of drug-likeness (QED) is 0.924. The molecule has 2 amide bonds. The lowest BCUT2D eigenvalue weighted by molar-refractivity contribution is 0.166. The van der Waals surface area contributed by atoms with Crippen molar-refractivity contribution in [3.63, 3.8) is 0 Å². The highest BCUT2D eigenvalue weighted by molar-refractivity contribution is 7.98. The molecule has 0 spiro atoms. The number of carbonyl (C=O) groups excluding carboxylic acids is 1. The van der Waals surface area contributed by atoms with Crippen LogP contribution < -0.4 is 5.32 Å². The highest BCUT2D eigenvalue weighted by Crippen LogP contribution is 2.45. The zero-order valence-corrected chi connectivity index (χ0v) is 13.5. The summed E-state index contributed by atoms with van der Waals surface area (Å²) in [7, 11) is 0. The highest BCUT2D eigenvalue weighted by atomic mass is 32.2. The van der Waals surface area contributed by atoms with Crippen LogP contribution in [0.2, 0.25) is 0 Å². The number of hydrogen-bond acceptors (Lipinski definition) is 2. The van der Waals surface area contributed by atoms with Crippen LogP contribution in [0.15, 0.2) is 30.3 Å². The molecule has 1 atom stereocenters. The van der Waals surface area contributed by atoms with Gasteiger partial charge in [-0.1, -0.05) is 30.3 Å². The van der Waals surface area contributed by atoms with Crippen LogP contribution in [0.25, 0.3) is 0 Å². The molecule has 4 heteroatoms. The van der Waals surface area contributed by atoms with Crippen LogP contribution in [0, 0.1) is 5.92 Å². The van der Waals surface area contributed by atoms with Gasteiger partial charge in [0.05, 0.1) is 5.54 Å². The van der Waals surface area contributed by atoms with Crippen LogP contribution in [0.5, 0.6) is 0 Å². The summed E-state index contributed by atoms with van der Waals surface area (Å²) in [4.78, 5) is 14.6. The number of benzene rings is 1. The molecule has 3 nitrogen and oxygen atoms in total. The van der Waals surface area contributed by atoms with Crippen LogP contribution in [0.3, 0.4) is 0 Å². The summed E-state index contributed by atoms with van der Waals surface area (Å²) in [5, 5.41) is 3.30. The van der Waals surface area contributed by atoms with E-state index in [0.29, 0.717) is 5.92 Å². The molecule has 0 bridgehead atoms. The number of rotatable bonds is 4. The second kappa shape index (κ2) is 6.30. The third kappa shape index (κ3) is 3.37. The molecule has 1 unspecified atom stereocenters. The number of urea groups is 1. The molecule has 2 fully saturated rings. The zero-order valence-electron chi connectivity index (χ0n) is 12.7. The van der Waals surface area contributed by atoms with E-state index in [4.69, 9.17) is 0 Å². The van der Waals surface area contributed by atoms with Crippen LogP contribution in [0.1, 0.15) is 31.2 Å². The average Bonchev–Trinajstić information content (AvgIpc) is 3.30. The SMILES string of the molecule is CSCC1CCCN(C(=O)NC2(c3ccccc3)CC2)C1. The Morgan fingerprint density at radius 2 is 2.14 bits per heavy atom. The molecule has 1 N–H and O–H groups in total. The van der Waals surface area contributed by atoms with Crippen LogP contribution in [-0.2, 0) is 5.54 Å². The molecule has 1 heterocycles. The van der Waals surface area contributed by atoms with Gasteiger partial charge in [-0.15, -0.1) is 0 Å². The fourth-order valence-electron chi connectivity index (χ4n) is 3.27. The van der Waals surface area contributed by atoms with Gasteiger partial charge in [-0.25, -0.2) is 4.79 Å². The summed E-state index contributed by atoms with van der Waals surface area (Å²) >= 11 is 1.89. The average molecular weight is 304 g/mol. The highest BCUT2D eigenvalue weighted by Gasteiger charge is 2.46. The minimum atomic E-state index is -0.0925. The second-order valence-corrected chi connectivity index (χ2v) is 7.20. The zero-order chi connectivity index (χ0) is 14.7. The Balaban J connectivity index is 1.61. The lowest BCUT2D eigenvalue weighted by atomic mass is 10.0. The molecule has 3 rings (SSSR count). The molecular formula is C17H24N2OS. The Labute approximate surface area is 131 Å². The van der Waals surface area contributed by atoms with Crippen molar-refractivity contribution >= 4 is 17.8 Å². The number of likely N-dealkylation sites (tertiary alicyclic amines) is 1. The molecule has 1 aliphatic heterocycles. The standard InChI is InChI=1S/C17H24N2OS/c1-21-13-14-6-5-11-19(12-14)16(20)18-17(9-10-17)15-7-3-2-4-8-15/h2-4,7-8,14H,5-6,9-13H2,1H3,(H,18,20). The molecule has 1 aliphatic carbocycles. The van der Waals surface area contributed by atoms with Gasteiger partial charge >= 0.3 is 6.03 Å². The Morgan fingerprint density at radius 1 is 1.38 bits per heavy atom. The number of nitrogens with one attached hydrogen (secondary N) is 1. The second-order valence-electron chi connectivity index (χ2n) is 6.29. The number of amides is 2. The molecular weight excluding hydrogens is 280 g/mol. The fourth-order valence-corrected chi connectivity index (χ4v) is 4.02. The van der Waals surface area contributed by atoms with Crippen molar-refractivity contribution in [2.24, 2.45) is 5.92 Å². The predicted molar refractivity (Wildman–Crippen MR) is 88.6 cm³/mol. The molecule has 21 heavy (non-hydrogen) atoms. The van der Waals surface area contributed by atoms with Gasteiger partial charge in [0.15, 0.2) is 0 Å². The van der Waals surface area contributed by atoms with E-state index in [1.165, 1.54) is 12.0 Å². The normalized spacial score (nSPS) is 23.7. The third-order valence-electron chi connectivity index (χ3n) is 4.63. The molecule has 0 aromatic heterocycles. The van der Waals surface area contributed by atoms with Crippen molar-refractivity contribution in [1.29, 1.82) is 0 Å². The predicted octanol–water partition coefficient (Wildman–Crippen LogP) is 3.46. The minimum absolute atomic E-state index is 0.0925. The summed E-state index contributed by atoms with van der Waals surface area (Å²) in [5.74, 6) is 1.82. The van der Waals surface area contributed by atoms with E-state index >= 15 is 0 Å². The summed E-state index contributed by atoms with van der Waals surface area (Å²) in [6.07, 6.45) is 6.66. The van der Waals surface area contributed by atoms with E-state index in [9.17, 15) is 4.79 Å². The lowest BCUT2D eigenvalue weighted by Crippen LogP contribution is -2.49. The molecule has 114 valence electrons. The van der Waals surface area contributed by atoms with Crippen molar-refractivity contribution in [3.8, 4) is 0 Å². The Morgan fingerprint density at radius 3 is 2.81 bits per heavy atom. The van der Waals surface area contributed by atoms with Gasteiger partial charge in [-0.05, 0) is 49.2 Å². The number of hydrogen-bond donors (Lipinski definition) is 1. The smallest absolute Gasteiger partial charge is 0.318 e.